The highest BCUT2D eigenvalue weighted by atomic mass is 16.5. The van der Waals surface area contributed by atoms with Crippen molar-refractivity contribution in [1.82, 2.24) is 15.3 Å². The second-order valence-corrected chi connectivity index (χ2v) is 6.63. The Labute approximate surface area is 158 Å². The zero-order valence-corrected chi connectivity index (χ0v) is 15.0. The Bertz CT molecular complexity index is 928. The number of nitrogens with one attached hydrogen (secondary N) is 1. The summed E-state index contributed by atoms with van der Waals surface area (Å²) in [4.78, 5) is 20.9. The van der Waals surface area contributed by atoms with E-state index in [0.29, 0.717) is 18.2 Å². The first-order chi connectivity index (χ1) is 13.3. The molecule has 1 aromatic heterocycles. The maximum absolute atomic E-state index is 12.7. The zero-order chi connectivity index (χ0) is 18.5. The van der Waals surface area contributed by atoms with E-state index in [4.69, 9.17) is 4.74 Å². The Morgan fingerprint density at radius 2 is 1.89 bits per heavy atom. The summed E-state index contributed by atoms with van der Waals surface area (Å²) in [6, 6.07) is 19.7. The highest BCUT2D eigenvalue weighted by Gasteiger charge is 2.22. The van der Waals surface area contributed by atoms with Crippen molar-refractivity contribution in [2.24, 2.45) is 0 Å². The van der Waals surface area contributed by atoms with Crippen LogP contribution in [0.2, 0.25) is 0 Å². The SMILES string of the molecule is O=C(NC1CCCc2ccccc21)c1cc(OCc2ccccc2)ncn1. The molecule has 0 saturated heterocycles. The topological polar surface area (TPSA) is 64.1 Å². The van der Waals surface area contributed by atoms with Gasteiger partial charge >= 0.3 is 0 Å². The summed E-state index contributed by atoms with van der Waals surface area (Å²) >= 11 is 0. The minimum Gasteiger partial charge on any atom is -0.473 e. The minimum absolute atomic E-state index is 0.0195. The molecule has 0 bridgehead atoms. The number of nitrogens with zero attached hydrogens (tertiary/aromatic N) is 2. The highest BCUT2D eigenvalue weighted by Crippen LogP contribution is 2.29. The summed E-state index contributed by atoms with van der Waals surface area (Å²) in [6.45, 7) is 0.398. The number of ether oxygens (including phenoxy) is 1. The van der Waals surface area contributed by atoms with Crippen LogP contribution in [0.5, 0.6) is 5.88 Å². The Kier molecular flexibility index (Phi) is 5.10. The molecule has 1 N–H and O–H groups in total. The third kappa shape index (κ3) is 4.14. The van der Waals surface area contributed by atoms with Crippen LogP contribution >= 0.6 is 0 Å². The molecule has 0 saturated carbocycles. The second-order valence-electron chi connectivity index (χ2n) is 6.63. The molecular weight excluding hydrogens is 338 g/mol. The van der Waals surface area contributed by atoms with Gasteiger partial charge in [0.2, 0.25) is 5.88 Å². The maximum atomic E-state index is 12.7. The molecular formula is C22H21N3O2. The Hall–Kier alpha value is -3.21. The Morgan fingerprint density at radius 3 is 2.78 bits per heavy atom. The van der Waals surface area contributed by atoms with Gasteiger partial charge in [-0.25, -0.2) is 9.97 Å². The molecule has 5 heteroatoms. The quantitative estimate of drug-likeness (QED) is 0.751. The molecule has 27 heavy (non-hydrogen) atoms. The first-order valence-electron chi connectivity index (χ1n) is 9.17. The number of rotatable bonds is 5. The van der Waals surface area contributed by atoms with Gasteiger partial charge in [-0.05, 0) is 36.0 Å². The average Bonchev–Trinajstić information content (AvgIpc) is 2.73. The molecule has 0 fully saturated rings. The third-order valence-electron chi connectivity index (χ3n) is 4.78. The fourth-order valence-electron chi connectivity index (χ4n) is 3.41. The number of hydrogen-bond donors (Lipinski definition) is 1. The van der Waals surface area contributed by atoms with Crippen molar-refractivity contribution in [1.29, 1.82) is 0 Å². The molecule has 4 rings (SSSR count). The van der Waals surface area contributed by atoms with Crippen LogP contribution in [0, 0.1) is 0 Å². The summed E-state index contributed by atoms with van der Waals surface area (Å²) in [6.07, 6.45) is 4.43. The molecule has 136 valence electrons. The smallest absolute Gasteiger partial charge is 0.270 e. The third-order valence-corrected chi connectivity index (χ3v) is 4.78. The Morgan fingerprint density at radius 1 is 1.07 bits per heavy atom. The van der Waals surface area contributed by atoms with Gasteiger partial charge in [0.05, 0.1) is 6.04 Å². The molecule has 1 heterocycles. The Balaban J connectivity index is 1.44. The van der Waals surface area contributed by atoms with Gasteiger partial charge in [-0.2, -0.15) is 0 Å². The lowest BCUT2D eigenvalue weighted by Gasteiger charge is -2.26. The molecule has 1 aliphatic carbocycles. The average molecular weight is 359 g/mol. The van der Waals surface area contributed by atoms with Gasteiger partial charge in [0, 0.05) is 6.07 Å². The van der Waals surface area contributed by atoms with Gasteiger partial charge in [0.1, 0.15) is 18.6 Å². The molecule has 3 aromatic rings. The monoisotopic (exact) mass is 359 g/mol. The molecule has 5 nitrogen and oxygen atoms in total. The molecule has 2 aromatic carbocycles. The van der Waals surface area contributed by atoms with Crippen LogP contribution in [0.15, 0.2) is 67.0 Å². The number of benzene rings is 2. The number of fused-ring (bicyclic) bond motifs is 1. The summed E-state index contributed by atoms with van der Waals surface area (Å²) < 4.78 is 5.70. The number of carbonyl (C=O) groups is 1. The lowest BCUT2D eigenvalue weighted by Crippen LogP contribution is -2.31. The summed E-state index contributed by atoms with van der Waals surface area (Å²) in [5.41, 5.74) is 3.87. The van der Waals surface area contributed by atoms with Crippen molar-refractivity contribution in [3.8, 4) is 5.88 Å². The van der Waals surface area contributed by atoms with Gasteiger partial charge in [0.15, 0.2) is 0 Å². The van der Waals surface area contributed by atoms with Crippen LogP contribution in [0.1, 0.15) is 46.1 Å². The van der Waals surface area contributed by atoms with E-state index in [0.717, 1.165) is 24.8 Å². The summed E-state index contributed by atoms with van der Waals surface area (Å²) in [5, 5.41) is 3.11. The van der Waals surface area contributed by atoms with E-state index in [9.17, 15) is 4.79 Å². The molecule has 0 radical (unpaired) electrons. The van der Waals surface area contributed by atoms with Crippen molar-refractivity contribution in [2.45, 2.75) is 31.9 Å². The van der Waals surface area contributed by atoms with Crippen molar-refractivity contribution in [2.75, 3.05) is 0 Å². The van der Waals surface area contributed by atoms with Crippen molar-refractivity contribution in [3.05, 3.63) is 89.4 Å². The van der Waals surface area contributed by atoms with Gasteiger partial charge in [-0.1, -0.05) is 54.6 Å². The number of amides is 1. The molecule has 1 amide bonds. The maximum Gasteiger partial charge on any atom is 0.270 e. The van der Waals surface area contributed by atoms with E-state index in [1.165, 1.54) is 17.5 Å². The fourth-order valence-corrected chi connectivity index (χ4v) is 3.41. The molecule has 1 aliphatic rings. The number of aromatic nitrogens is 2. The van der Waals surface area contributed by atoms with Gasteiger partial charge < -0.3 is 10.1 Å². The highest BCUT2D eigenvalue weighted by molar-refractivity contribution is 5.92. The molecule has 1 unspecified atom stereocenters. The normalized spacial score (nSPS) is 15.6. The lowest BCUT2D eigenvalue weighted by molar-refractivity contribution is 0.0926. The van der Waals surface area contributed by atoms with E-state index >= 15 is 0 Å². The molecule has 0 spiro atoms. The van der Waals surface area contributed by atoms with Crippen LogP contribution < -0.4 is 10.1 Å². The van der Waals surface area contributed by atoms with E-state index in [-0.39, 0.29) is 11.9 Å². The minimum atomic E-state index is -0.205. The zero-order valence-electron chi connectivity index (χ0n) is 15.0. The van der Waals surface area contributed by atoms with Crippen molar-refractivity contribution in [3.63, 3.8) is 0 Å². The van der Waals surface area contributed by atoms with Crippen LogP contribution in [0.25, 0.3) is 0 Å². The lowest BCUT2D eigenvalue weighted by atomic mass is 9.87. The van der Waals surface area contributed by atoms with Gasteiger partial charge in [0.25, 0.3) is 5.91 Å². The van der Waals surface area contributed by atoms with Crippen molar-refractivity contribution >= 4 is 5.91 Å². The fraction of sp³-hybridized carbons (Fsp3) is 0.227. The van der Waals surface area contributed by atoms with Crippen LogP contribution in [-0.4, -0.2) is 15.9 Å². The predicted octanol–water partition coefficient (Wildman–Crippen LogP) is 3.86. The van der Waals surface area contributed by atoms with Crippen molar-refractivity contribution < 1.29 is 9.53 Å². The first-order valence-corrected chi connectivity index (χ1v) is 9.17. The van der Waals surface area contributed by atoms with E-state index < -0.39 is 0 Å². The van der Waals surface area contributed by atoms with Crippen LogP contribution in [0.4, 0.5) is 0 Å². The predicted molar refractivity (Wildman–Crippen MR) is 102 cm³/mol. The standard InChI is InChI=1S/C22H21N3O2/c26-22(25-19-12-6-10-17-9-4-5-11-18(17)19)20-13-21(24-15-23-20)27-14-16-7-2-1-3-8-16/h1-5,7-9,11,13,15,19H,6,10,12,14H2,(H,25,26). The number of aryl methyl sites for hydroxylation is 1. The molecule has 0 aliphatic heterocycles. The first kappa shape index (κ1) is 17.2. The van der Waals surface area contributed by atoms with E-state index in [1.807, 2.05) is 42.5 Å². The number of hydrogen-bond acceptors (Lipinski definition) is 4. The van der Waals surface area contributed by atoms with Crippen LogP contribution in [0.3, 0.4) is 0 Å². The number of carbonyl (C=O) groups excluding carboxylic acids is 1. The summed E-state index contributed by atoms with van der Waals surface area (Å²) in [7, 11) is 0. The largest absolute Gasteiger partial charge is 0.473 e. The summed E-state index contributed by atoms with van der Waals surface area (Å²) in [5.74, 6) is 0.187. The van der Waals surface area contributed by atoms with Gasteiger partial charge in [-0.15, -0.1) is 0 Å². The van der Waals surface area contributed by atoms with E-state index in [1.54, 1.807) is 6.07 Å². The van der Waals surface area contributed by atoms with Crippen LogP contribution in [-0.2, 0) is 13.0 Å². The van der Waals surface area contributed by atoms with E-state index in [2.05, 4.69) is 27.4 Å². The second kappa shape index (κ2) is 7.99. The van der Waals surface area contributed by atoms with Gasteiger partial charge in [-0.3, -0.25) is 4.79 Å². The molecule has 1 atom stereocenters.